The van der Waals surface area contributed by atoms with Crippen LogP contribution in [0.25, 0.3) is 16.6 Å². The molecule has 2 aliphatic carbocycles. The molecule has 3 fully saturated rings. The summed E-state index contributed by atoms with van der Waals surface area (Å²) in [7, 11) is 1.90. The van der Waals surface area contributed by atoms with Gasteiger partial charge in [-0.3, -0.25) is 14.3 Å². The number of likely N-dealkylation sites (tertiary alicyclic amines) is 1. The van der Waals surface area contributed by atoms with Crippen LogP contribution in [-0.4, -0.2) is 48.5 Å². The first-order valence-corrected chi connectivity index (χ1v) is 14.0. The number of aryl methyl sites for hydroxylation is 1. The molecular weight excluding hydrogens is 479 g/mol. The highest BCUT2D eigenvalue weighted by molar-refractivity contribution is 5.84. The summed E-state index contributed by atoms with van der Waals surface area (Å²) >= 11 is 0. The van der Waals surface area contributed by atoms with Crippen molar-refractivity contribution in [3.05, 3.63) is 75.9 Å². The van der Waals surface area contributed by atoms with Crippen LogP contribution in [0.5, 0.6) is 0 Å². The number of nitrogens with one attached hydrogen (secondary N) is 1. The predicted octanol–water partition coefficient (Wildman–Crippen LogP) is 4.97. The van der Waals surface area contributed by atoms with Gasteiger partial charge in [0.25, 0.3) is 5.56 Å². The van der Waals surface area contributed by atoms with Gasteiger partial charge in [0.05, 0.1) is 5.41 Å². The third-order valence-electron chi connectivity index (χ3n) is 8.99. The summed E-state index contributed by atoms with van der Waals surface area (Å²) in [5.74, 6) is 1.98. The number of alkyl halides is 1. The molecule has 1 aliphatic heterocycles. The standard InChI is InChI=1S/C30H35FN6O/c1-19-5-4-10-36(15-19)16-23-12-25-26(20-8-9-20)17-37(28(38)27(25)33-23)24-7-3-6-21(11-24)30(13-22(31)14-30)29-34-32-18-35(29)2/h3,6-7,11-12,17-20,22,33H,4-5,8-10,13-16H2,1-2H3/t19-,22-,30+/m0/s1. The highest BCUT2D eigenvalue weighted by Gasteiger charge is 2.50. The molecule has 0 unspecified atom stereocenters. The number of pyridine rings is 1. The van der Waals surface area contributed by atoms with Gasteiger partial charge in [0, 0.05) is 43.1 Å². The SMILES string of the molecule is C[C@H]1CCCN(Cc2cc3c(C4CC4)cn(-c4cccc([C@]5(c6nncn6C)C[C@@H](F)C5)c4)c(=O)c3[nH]2)C1. The second-order valence-corrected chi connectivity index (χ2v) is 12.0. The molecule has 3 aromatic heterocycles. The molecule has 0 bridgehead atoms. The van der Waals surface area contributed by atoms with E-state index < -0.39 is 11.6 Å². The van der Waals surface area contributed by atoms with E-state index >= 15 is 0 Å². The summed E-state index contributed by atoms with van der Waals surface area (Å²) in [6.45, 7) is 5.39. The van der Waals surface area contributed by atoms with E-state index in [-0.39, 0.29) is 5.56 Å². The lowest BCUT2D eigenvalue weighted by molar-refractivity contribution is 0.114. The molecule has 0 amide bonds. The molecule has 1 N–H and O–H groups in total. The molecule has 7 rings (SSSR count). The summed E-state index contributed by atoms with van der Waals surface area (Å²) in [5.41, 5.74) is 4.27. The second kappa shape index (κ2) is 8.90. The van der Waals surface area contributed by atoms with Crippen LogP contribution in [0.1, 0.15) is 74.0 Å². The van der Waals surface area contributed by atoms with Crippen molar-refractivity contribution < 1.29 is 4.39 Å². The Morgan fingerprint density at radius 3 is 2.74 bits per heavy atom. The Morgan fingerprint density at radius 2 is 2.03 bits per heavy atom. The third-order valence-corrected chi connectivity index (χ3v) is 8.99. The fraction of sp³-hybridized carbons (Fsp3) is 0.500. The van der Waals surface area contributed by atoms with Crippen LogP contribution in [0.15, 0.2) is 47.7 Å². The van der Waals surface area contributed by atoms with Crippen LogP contribution in [0, 0.1) is 5.92 Å². The van der Waals surface area contributed by atoms with Gasteiger partial charge in [-0.15, -0.1) is 10.2 Å². The molecule has 1 aromatic carbocycles. The molecule has 8 heteroatoms. The molecule has 1 atom stereocenters. The zero-order valence-electron chi connectivity index (χ0n) is 22.2. The maximum atomic E-state index is 14.3. The molecule has 1 saturated heterocycles. The maximum Gasteiger partial charge on any atom is 0.279 e. The van der Waals surface area contributed by atoms with Crippen LogP contribution in [-0.2, 0) is 19.0 Å². The Morgan fingerprint density at radius 1 is 1.18 bits per heavy atom. The first-order chi connectivity index (χ1) is 18.4. The minimum atomic E-state index is -0.865. The number of H-pyrrole nitrogens is 1. The summed E-state index contributed by atoms with van der Waals surface area (Å²) in [6.07, 6.45) is 8.44. The highest BCUT2D eigenvalue weighted by Crippen LogP contribution is 2.50. The van der Waals surface area contributed by atoms with Gasteiger partial charge in [0.2, 0.25) is 0 Å². The van der Waals surface area contributed by atoms with Gasteiger partial charge in [-0.2, -0.15) is 0 Å². The van der Waals surface area contributed by atoms with E-state index in [4.69, 9.17) is 0 Å². The van der Waals surface area contributed by atoms with E-state index in [1.54, 1.807) is 10.9 Å². The molecular formula is C30H35FN6O. The third kappa shape index (κ3) is 3.92. The number of aromatic nitrogens is 5. The smallest absolute Gasteiger partial charge is 0.279 e. The van der Waals surface area contributed by atoms with Gasteiger partial charge in [0.15, 0.2) is 0 Å². The number of halogens is 1. The van der Waals surface area contributed by atoms with Gasteiger partial charge < -0.3 is 9.55 Å². The van der Waals surface area contributed by atoms with Crippen molar-refractivity contribution in [3.8, 4) is 5.69 Å². The lowest BCUT2D eigenvalue weighted by Gasteiger charge is -2.43. The van der Waals surface area contributed by atoms with Crippen LogP contribution in [0.2, 0.25) is 0 Å². The van der Waals surface area contributed by atoms with Crippen LogP contribution in [0.3, 0.4) is 0 Å². The van der Waals surface area contributed by atoms with Crippen LogP contribution < -0.4 is 5.56 Å². The zero-order chi connectivity index (χ0) is 26.0. The number of rotatable bonds is 6. The van der Waals surface area contributed by atoms with E-state index in [1.807, 2.05) is 35.9 Å². The van der Waals surface area contributed by atoms with Crippen molar-refractivity contribution in [1.82, 2.24) is 29.2 Å². The lowest BCUT2D eigenvalue weighted by Crippen LogP contribution is -2.45. The van der Waals surface area contributed by atoms with E-state index in [9.17, 15) is 9.18 Å². The maximum absolute atomic E-state index is 14.3. The first-order valence-electron chi connectivity index (χ1n) is 14.0. The van der Waals surface area contributed by atoms with Crippen LogP contribution >= 0.6 is 0 Å². The molecule has 38 heavy (non-hydrogen) atoms. The minimum Gasteiger partial charge on any atom is -0.353 e. The van der Waals surface area contributed by atoms with Gasteiger partial charge in [0.1, 0.15) is 23.8 Å². The number of piperidine rings is 1. The van der Waals surface area contributed by atoms with Gasteiger partial charge in [-0.05, 0) is 86.2 Å². The highest BCUT2D eigenvalue weighted by atomic mass is 19.1. The number of hydrogen-bond acceptors (Lipinski definition) is 4. The van der Waals surface area contributed by atoms with Crippen molar-refractivity contribution in [1.29, 1.82) is 0 Å². The molecule has 0 spiro atoms. The fourth-order valence-electron chi connectivity index (χ4n) is 6.88. The summed E-state index contributed by atoms with van der Waals surface area (Å²) in [6, 6.07) is 10.2. The summed E-state index contributed by atoms with van der Waals surface area (Å²) in [4.78, 5) is 19.9. The number of nitrogens with zero attached hydrogens (tertiary/aromatic N) is 5. The van der Waals surface area contributed by atoms with E-state index in [1.165, 1.54) is 18.4 Å². The van der Waals surface area contributed by atoms with Gasteiger partial charge in [-0.25, -0.2) is 4.39 Å². The molecule has 2 saturated carbocycles. The minimum absolute atomic E-state index is 0.0375. The number of benzene rings is 1. The molecule has 7 nitrogen and oxygen atoms in total. The Bertz CT molecular complexity index is 1560. The largest absolute Gasteiger partial charge is 0.353 e. The first kappa shape index (κ1) is 23.8. The lowest BCUT2D eigenvalue weighted by atomic mass is 9.62. The Hall–Kier alpha value is -3.26. The Balaban J connectivity index is 1.30. The van der Waals surface area contributed by atoms with Crippen molar-refractivity contribution in [3.63, 3.8) is 0 Å². The average Bonchev–Trinajstić information content (AvgIpc) is 3.50. The van der Waals surface area contributed by atoms with Crippen molar-refractivity contribution in [2.45, 2.75) is 69.5 Å². The van der Waals surface area contributed by atoms with Gasteiger partial charge >= 0.3 is 0 Å². The fourth-order valence-corrected chi connectivity index (χ4v) is 6.88. The summed E-state index contributed by atoms with van der Waals surface area (Å²) in [5, 5.41) is 9.48. The second-order valence-electron chi connectivity index (χ2n) is 12.0. The van der Waals surface area contributed by atoms with E-state index in [0.717, 1.165) is 60.6 Å². The Kier molecular flexibility index (Phi) is 5.58. The zero-order valence-corrected chi connectivity index (χ0v) is 22.2. The van der Waals surface area contributed by atoms with Crippen molar-refractivity contribution >= 4 is 10.9 Å². The molecule has 3 aliphatic rings. The number of fused-ring (bicyclic) bond motifs is 1. The predicted molar refractivity (Wildman–Crippen MR) is 145 cm³/mol. The molecule has 4 aromatic rings. The van der Waals surface area contributed by atoms with E-state index in [2.05, 4.69) is 39.3 Å². The van der Waals surface area contributed by atoms with Gasteiger partial charge in [-0.1, -0.05) is 19.1 Å². The molecule has 0 radical (unpaired) electrons. The number of hydrogen-bond donors (Lipinski definition) is 1. The van der Waals surface area contributed by atoms with Crippen molar-refractivity contribution in [2.75, 3.05) is 13.1 Å². The van der Waals surface area contributed by atoms with Crippen LogP contribution in [0.4, 0.5) is 4.39 Å². The monoisotopic (exact) mass is 514 g/mol. The number of aromatic amines is 1. The normalized spacial score (nSPS) is 26.1. The topological polar surface area (TPSA) is 71.7 Å². The quantitative estimate of drug-likeness (QED) is 0.394. The molecule has 4 heterocycles. The van der Waals surface area contributed by atoms with Crippen molar-refractivity contribution in [2.24, 2.45) is 13.0 Å². The summed E-state index contributed by atoms with van der Waals surface area (Å²) < 4.78 is 18.0. The molecule has 198 valence electrons. The Labute approximate surface area is 221 Å². The average molecular weight is 515 g/mol. The van der Waals surface area contributed by atoms with E-state index in [0.29, 0.717) is 30.2 Å².